The molecule has 0 aliphatic carbocycles. The lowest BCUT2D eigenvalue weighted by atomic mass is 10.0. The molecule has 1 heterocycles. The first-order chi connectivity index (χ1) is 11.5. The van der Waals surface area contributed by atoms with E-state index < -0.39 is 6.04 Å². The zero-order valence-electron chi connectivity index (χ0n) is 14.0. The van der Waals surface area contributed by atoms with E-state index in [0.717, 1.165) is 18.7 Å². The highest BCUT2D eigenvalue weighted by atomic mass is 19.1. The molecule has 132 valence electrons. The van der Waals surface area contributed by atoms with Gasteiger partial charge in [0.1, 0.15) is 11.9 Å². The maximum Gasteiger partial charge on any atom is 0.242 e. The second kappa shape index (κ2) is 8.75. The first-order valence-corrected chi connectivity index (χ1v) is 8.09. The Balaban J connectivity index is 2.05. The third-order valence-corrected chi connectivity index (χ3v) is 4.00. The van der Waals surface area contributed by atoms with Crippen LogP contribution in [0.25, 0.3) is 0 Å². The van der Waals surface area contributed by atoms with Gasteiger partial charge in [-0.3, -0.25) is 14.5 Å². The number of nitrogens with zero attached hydrogens (tertiary/aromatic N) is 1. The fourth-order valence-electron chi connectivity index (χ4n) is 2.78. The van der Waals surface area contributed by atoms with Crippen molar-refractivity contribution in [2.24, 2.45) is 0 Å². The van der Waals surface area contributed by atoms with Crippen LogP contribution in [0.15, 0.2) is 24.3 Å². The molecule has 1 aliphatic rings. The van der Waals surface area contributed by atoms with Gasteiger partial charge in [0.25, 0.3) is 0 Å². The Labute approximate surface area is 141 Å². The summed E-state index contributed by atoms with van der Waals surface area (Å²) in [6.07, 6.45) is 0. The van der Waals surface area contributed by atoms with Crippen molar-refractivity contribution >= 4 is 11.8 Å². The summed E-state index contributed by atoms with van der Waals surface area (Å²) in [4.78, 5) is 25.3. The van der Waals surface area contributed by atoms with Crippen LogP contribution in [-0.4, -0.2) is 55.6 Å². The lowest BCUT2D eigenvalue weighted by Gasteiger charge is -2.35. The Kier molecular flexibility index (Phi) is 6.69. The molecule has 2 N–H and O–H groups in total. The summed E-state index contributed by atoms with van der Waals surface area (Å²) in [5.41, 5.74) is 0.810. The number of ether oxygens (including phenoxy) is 1. The van der Waals surface area contributed by atoms with Crippen LogP contribution >= 0.6 is 0 Å². The van der Waals surface area contributed by atoms with Crippen LogP contribution in [0.1, 0.15) is 25.5 Å². The Bertz CT molecular complexity index is 576. The number of hydrogen-bond acceptors (Lipinski definition) is 4. The zero-order valence-corrected chi connectivity index (χ0v) is 14.0. The van der Waals surface area contributed by atoms with Crippen molar-refractivity contribution < 1.29 is 18.7 Å². The number of amides is 2. The summed E-state index contributed by atoms with van der Waals surface area (Å²) in [6.45, 7) is 6.00. The lowest BCUT2D eigenvalue weighted by Crippen LogP contribution is -2.48. The van der Waals surface area contributed by atoms with Crippen molar-refractivity contribution in [2.75, 3.05) is 32.8 Å². The standard InChI is InChI=1S/C17H24FN3O3/c1-12(20-13(2)22)17(23)19-11-16(21-6-8-24-9-7-21)14-4-3-5-15(18)10-14/h3-5,10,12,16H,6-9,11H2,1-2H3,(H,19,23)(H,20,22). The number of carbonyl (C=O) groups is 2. The zero-order chi connectivity index (χ0) is 17.5. The highest BCUT2D eigenvalue weighted by molar-refractivity contribution is 5.86. The number of nitrogens with one attached hydrogen (secondary N) is 2. The highest BCUT2D eigenvalue weighted by Crippen LogP contribution is 2.22. The van der Waals surface area contributed by atoms with E-state index >= 15 is 0 Å². The summed E-state index contributed by atoms with van der Waals surface area (Å²) >= 11 is 0. The fraction of sp³-hybridized carbons (Fsp3) is 0.529. The minimum atomic E-state index is -0.611. The van der Waals surface area contributed by atoms with Gasteiger partial charge in [-0.15, -0.1) is 0 Å². The molecule has 0 bridgehead atoms. The van der Waals surface area contributed by atoms with E-state index in [4.69, 9.17) is 4.74 Å². The predicted molar refractivity (Wildman–Crippen MR) is 87.8 cm³/mol. The molecule has 1 aromatic carbocycles. The van der Waals surface area contributed by atoms with E-state index in [2.05, 4.69) is 15.5 Å². The lowest BCUT2D eigenvalue weighted by molar-refractivity contribution is -0.127. The van der Waals surface area contributed by atoms with E-state index in [1.807, 2.05) is 6.07 Å². The van der Waals surface area contributed by atoms with Crippen LogP contribution in [-0.2, 0) is 14.3 Å². The van der Waals surface area contributed by atoms with Crippen molar-refractivity contribution in [1.29, 1.82) is 0 Å². The molecule has 1 aromatic rings. The second-order valence-corrected chi connectivity index (χ2v) is 5.89. The normalized spacial score (nSPS) is 17.8. The number of halogens is 1. The Morgan fingerprint density at radius 2 is 2.04 bits per heavy atom. The van der Waals surface area contributed by atoms with E-state index in [-0.39, 0.29) is 23.7 Å². The van der Waals surface area contributed by atoms with Gasteiger partial charge >= 0.3 is 0 Å². The number of hydrogen-bond donors (Lipinski definition) is 2. The first-order valence-electron chi connectivity index (χ1n) is 8.09. The second-order valence-electron chi connectivity index (χ2n) is 5.89. The molecular weight excluding hydrogens is 313 g/mol. The molecule has 2 amide bonds. The SMILES string of the molecule is CC(=O)NC(C)C(=O)NCC(c1cccc(F)c1)N1CCOCC1. The van der Waals surface area contributed by atoms with Crippen LogP contribution in [0.4, 0.5) is 4.39 Å². The van der Waals surface area contributed by atoms with Gasteiger partial charge in [0.2, 0.25) is 11.8 Å². The van der Waals surface area contributed by atoms with Crippen LogP contribution in [0.2, 0.25) is 0 Å². The first kappa shape index (κ1) is 18.4. The van der Waals surface area contributed by atoms with Crippen LogP contribution in [0, 0.1) is 5.82 Å². The van der Waals surface area contributed by atoms with Crippen molar-refractivity contribution in [3.63, 3.8) is 0 Å². The van der Waals surface area contributed by atoms with E-state index in [1.54, 1.807) is 13.0 Å². The molecule has 7 heteroatoms. The number of morpholine rings is 1. The number of benzene rings is 1. The number of rotatable bonds is 6. The molecule has 1 aliphatic heterocycles. The van der Waals surface area contributed by atoms with Gasteiger partial charge in [0, 0.05) is 26.6 Å². The molecule has 6 nitrogen and oxygen atoms in total. The van der Waals surface area contributed by atoms with Gasteiger partial charge < -0.3 is 15.4 Å². The quantitative estimate of drug-likeness (QED) is 0.807. The molecule has 0 radical (unpaired) electrons. The third-order valence-electron chi connectivity index (χ3n) is 4.00. The maximum atomic E-state index is 13.6. The molecule has 1 fully saturated rings. The van der Waals surface area contributed by atoms with Crippen LogP contribution in [0.3, 0.4) is 0 Å². The summed E-state index contributed by atoms with van der Waals surface area (Å²) < 4.78 is 19.0. The smallest absolute Gasteiger partial charge is 0.242 e. The third kappa shape index (κ3) is 5.28. The van der Waals surface area contributed by atoms with Gasteiger partial charge in [-0.2, -0.15) is 0 Å². The van der Waals surface area contributed by atoms with Crippen molar-refractivity contribution in [2.45, 2.75) is 25.9 Å². The average Bonchev–Trinajstić information content (AvgIpc) is 2.55. The summed E-state index contributed by atoms with van der Waals surface area (Å²) in [7, 11) is 0. The molecule has 24 heavy (non-hydrogen) atoms. The largest absolute Gasteiger partial charge is 0.379 e. The fourth-order valence-corrected chi connectivity index (χ4v) is 2.78. The highest BCUT2D eigenvalue weighted by Gasteiger charge is 2.24. The molecule has 0 spiro atoms. The Hall–Kier alpha value is -1.99. The van der Waals surface area contributed by atoms with Gasteiger partial charge in [-0.05, 0) is 24.6 Å². The summed E-state index contributed by atoms with van der Waals surface area (Å²) in [6, 6.07) is 5.66. The topological polar surface area (TPSA) is 70.7 Å². The van der Waals surface area contributed by atoms with Gasteiger partial charge in [-0.1, -0.05) is 12.1 Å². The van der Waals surface area contributed by atoms with Crippen molar-refractivity contribution in [3.05, 3.63) is 35.6 Å². The van der Waals surface area contributed by atoms with Gasteiger partial charge in [0.05, 0.1) is 19.3 Å². The Morgan fingerprint density at radius 1 is 1.33 bits per heavy atom. The average molecular weight is 337 g/mol. The van der Waals surface area contributed by atoms with E-state index in [0.29, 0.717) is 19.8 Å². The molecule has 0 saturated carbocycles. The minimum Gasteiger partial charge on any atom is -0.379 e. The molecule has 2 atom stereocenters. The molecule has 2 rings (SSSR count). The predicted octanol–water partition coefficient (Wildman–Crippen LogP) is 0.840. The van der Waals surface area contributed by atoms with Crippen molar-refractivity contribution in [3.8, 4) is 0 Å². The van der Waals surface area contributed by atoms with E-state index in [9.17, 15) is 14.0 Å². The maximum absolute atomic E-state index is 13.6. The van der Waals surface area contributed by atoms with Crippen molar-refractivity contribution in [1.82, 2.24) is 15.5 Å². The molecule has 0 aromatic heterocycles. The molecule has 1 saturated heterocycles. The Morgan fingerprint density at radius 3 is 2.67 bits per heavy atom. The molecular formula is C17H24FN3O3. The van der Waals surface area contributed by atoms with Crippen LogP contribution < -0.4 is 10.6 Å². The van der Waals surface area contributed by atoms with E-state index in [1.165, 1.54) is 19.1 Å². The van der Waals surface area contributed by atoms with Gasteiger partial charge in [-0.25, -0.2) is 4.39 Å². The molecule has 2 unspecified atom stereocenters. The minimum absolute atomic E-state index is 0.141. The van der Waals surface area contributed by atoms with Crippen LogP contribution in [0.5, 0.6) is 0 Å². The monoisotopic (exact) mass is 337 g/mol. The number of carbonyl (C=O) groups excluding carboxylic acids is 2. The summed E-state index contributed by atoms with van der Waals surface area (Å²) in [5.74, 6) is -0.823. The summed E-state index contributed by atoms with van der Waals surface area (Å²) in [5, 5.41) is 5.39. The van der Waals surface area contributed by atoms with Gasteiger partial charge in [0.15, 0.2) is 0 Å².